The topological polar surface area (TPSA) is 31.2 Å². The summed E-state index contributed by atoms with van der Waals surface area (Å²) in [6.45, 7) is 1.47. The van der Waals surface area contributed by atoms with Crippen molar-refractivity contribution in [3.63, 3.8) is 0 Å². The van der Waals surface area contributed by atoms with Crippen molar-refractivity contribution < 1.29 is 9.53 Å². The molecule has 0 fully saturated rings. The summed E-state index contributed by atoms with van der Waals surface area (Å²) >= 11 is 3.53. The molecule has 0 unspecified atom stereocenters. The molecule has 2 heterocycles. The minimum atomic E-state index is 0.697. The van der Waals surface area contributed by atoms with Crippen LogP contribution in [0.2, 0.25) is 0 Å². The van der Waals surface area contributed by atoms with Crippen LogP contribution in [0.5, 0.6) is 5.75 Å². The number of aldehydes is 1. The Morgan fingerprint density at radius 2 is 2.33 bits per heavy atom. The largest absolute Gasteiger partial charge is 0.493 e. The van der Waals surface area contributed by atoms with Crippen LogP contribution in [0, 0.1) is 0 Å². The molecule has 1 aromatic carbocycles. The first kappa shape index (κ1) is 11.5. The van der Waals surface area contributed by atoms with Crippen molar-refractivity contribution in [2.75, 3.05) is 6.61 Å². The van der Waals surface area contributed by atoms with Gasteiger partial charge in [-0.15, -0.1) is 0 Å². The Bertz CT molecular complexity index is 604. The van der Waals surface area contributed by atoms with Crippen molar-refractivity contribution in [1.29, 1.82) is 0 Å². The van der Waals surface area contributed by atoms with E-state index in [-0.39, 0.29) is 0 Å². The molecule has 18 heavy (non-hydrogen) atoms. The Hall–Kier alpha value is -1.55. The average molecular weight is 306 g/mol. The van der Waals surface area contributed by atoms with Crippen LogP contribution in [0.25, 0.3) is 0 Å². The lowest BCUT2D eigenvalue weighted by atomic mass is 10.1. The molecule has 0 spiro atoms. The van der Waals surface area contributed by atoms with Crippen LogP contribution in [0.15, 0.2) is 35.1 Å². The van der Waals surface area contributed by atoms with Crippen molar-refractivity contribution >= 4 is 22.2 Å². The van der Waals surface area contributed by atoms with Crippen molar-refractivity contribution in [1.82, 2.24) is 4.57 Å². The predicted octanol–water partition coefficient (Wildman–Crippen LogP) is 3.05. The molecule has 3 nitrogen and oxygen atoms in total. The summed E-state index contributed by atoms with van der Waals surface area (Å²) in [5.74, 6) is 1.000. The molecule has 2 aromatic rings. The third-order valence-electron chi connectivity index (χ3n) is 3.09. The Kier molecular flexibility index (Phi) is 2.96. The number of ether oxygens (including phenoxy) is 1. The summed E-state index contributed by atoms with van der Waals surface area (Å²) in [6.07, 6.45) is 5.58. The van der Waals surface area contributed by atoms with Gasteiger partial charge in [-0.2, -0.15) is 0 Å². The fraction of sp³-hybridized carbons (Fsp3) is 0.214. The number of benzene rings is 1. The Labute approximate surface area is 114 Å². The van der Waals surface area contributed by atoms with E-state index < -0.39 is 0 Å². The highest BCUT2D eigenvalue weighted by atomic mass is 79.9. The van der Waals surface area contributed by atoms with Gasteiger partial charge in [0.2, 0.25) is 0 Å². The fourth-order valence-electron chi connectivity index (χ4n) is 2.29. The molecule has 92 valence electrons. The molecule has 1 aliphatic rings. The molecule has 0 saturated carbocycles. The molecule has 0 N–H and O–H groups in total. The number of hydrogen-bond donors (Lipinski definition) is 0. The zero-order valence-electron chi connectivity index (χ0n) is 9.73. The van der Waals surface area contributed by atoms with Gasteiger partial charge in [-0.1, -0.05) is 15.9 Å². The summed E-state index contributed by atoms with van der Waals surface area (Å²) in [6, 6.07) is 6.00. The monoisotopic (exact) mass is 305 g/mol. The fourth-order valence-corrected chi connectivity index (χ4v) is 2.84. The van der Waals surface area contributed by atoms with Crippen LogP contribution < -0.4 is 4.74 Å². The summed E-state index contributed by atoms with van der Waals surface area (Å²) in [5, 5.41) is 0. The second kappa shape index (κ2) is 4.61. The quantitative estimate of drug-likeness (QED) is 0.816. The van der Waals surface area contributed by atoms with Crippen LogP contribution in [-0.4, -0.2) is 17.5 Å². The van der Waals surface area contributed by atoms with Crippen LogP contribution in [0.1, 0.15) is 21.5 Å². The molecular weight excluding hydrogens is 294 g/mol. The normalized spacial score (nSPS) is 13.2. The van der Waals surface area contributed by atoms with Gasteiger partial charge < -0.3 is 9.30 Å². The Morgan fingerprint density at radius 1 is 1.44 bits per heavy atom. The smallest absolute Gasteiger partial charge is 0.151 e. The highest BCUT2D eigenvalue weighted by molar-refractivity contribution is 9.10. The van der Waals surface area contributed by atoms with Gasteiger partial charge in [-0.3, -0.25) is 4.79 Å². The highest BCUT2D eigenvalue weighted by Gasteiger charge is 2.17. The number of hydrogen-bond acceptors (Lipinski definition) is 2. The minimum absolute atomic E-state index is 0.697. The molecule has 4 heteroatoms. The summed E-state index contributed by atoms with van der Waals surface area (Å²) < 4.78 is 8.75. The molecule has 0 aliphatic carbocycles. The molecular formula is C14H12BrNO2. The number of carbonyl (C=O) groups is 1. The molecule has 1 aliphatic heterocycles. The third kappa shape index (κ3) is 2.08. The first-order valence-corrected chi connectivity index (χ1v) is 6.60. The van der Waals surface area contributed by atoms with Crippen LogP contribution in [0.3, 0.4) is 0 Å². The summed E-state index contributed by atoms with van der Waals surface area (Å²) in [5.41, 5.74) is 3.09. The molecule has 1 aromatic heterocycles. The maximum atomic E-state index is 10.7. The lowest BCUT2D eigenvalue weighted by molar-refractivity contribution is 0.112. The second-order valence-electron chi connectivity index (χ2n) is 4.39. The van der Waals surface area contributed by atoms with Gasteiger partial charge in [0.05, 0.1) is 13.2 Å². The molecule has 0 atom stereocenters. The molecule has 0 saturated heterocycles. The van der Waals surface area contributed by atoms with E-state index in [1.54, 1.807) is 0 Å². The van der Waals surface area contributed by atoms with Crippen molar-refractivity contribution in [3.8, 4) is 5.75 Å². The number of nitrogens with zero attached hydrogens (tertiary/aromatic N) is 1. The van der Waals surface area contributed by atoms with E-state index in [9.17, 15) is 4.79 Å². The van der Waals surface area contributed by atoms with E-state index in [0.29, 0.717) is 5.56 Å². The highest BCUT2D eigenvalue weighted by Crippen LogP contribution is 2.33. The first-order valence-electron chi connectivity index (χ1n) is 5.81. The van der Waals surface area contributed by atoms with Gasteiger partial charge in [-0.25, -0.2) is 0 Å². The van der Waals surface area contributed by atoms with Crippen LogP contribution in [0.4, 0.5) is 0 Å². The van der Waals surface area contributed by atoms with Crippen molar-refractivity contribution in [2.45, 2.75) is 13.0 Å². The van der Waals surface area contributed by atoms with Gasteiger partial charge in [0.15, 0.2) is 6.29 Å². The number of carbonyl (C=O) groups excluding carboxylic acids is 1. The standard InChI is InChI=1S/C14H12BrNO2/c15-13-5-11-2-4-18-14(11)12(6-13)8-16-3-1-10(7-16)9-17/h1,3,5-7,9H,2,4,8H2. The maximum absolute atomic E-state index is 10.7. The molecule has 0 amide bonds. The van der Waals surface area contributed by atoms with E-state index in [1.165, 1.54) is 5.56 Å². The van der Waals surface area contributed by atoms with Gasteiger partial charge in [-0.05, 0) is 23.8 Å². The lowest BCUT2D eigenvalue weighted by Crippen LogP contribution is -1.99. The van der Waals surface area contributed by atoms with Crippen LogP contribution in [-0.2, 0) is 13.0 Å². The minimum Gasteiger partial charge on any atom is -0.493 e. The molecule has 0 radical (unpaired) electrons. The first-order chi connectivity index (χ1) is 8.76. The van der Waals surface area contributed by atoms with E-state index in [2.05, 4.69) is 28.1 Å². The zero-order valence-corrected chi connectivity index (χ0v) is 11.3. The van der Waals surface area contributed by atoms with E-state index in [1.807, 2.05) is 23.0 Å². The molecule has 3 rings (SSSR count). The SMILES string of the molecule is O=Cc1ccn(Cc2cc(Br)cc3c2OCC3)c1. The van der Waals surface area contributed by atoms with E-state index in [0.717, 1.165) is 41.6 Å². The maximum Gasteiger partial charge on any atom is 0.151 e. The third-order valence-corrected chi connectivity index (χ3v) is 3.55. The lowest BCUT2D eigenvalue weighted by Gasteiger charge is -2.10. The van der Waals surface area contributed by atoms with Crippen LogP contribution >= 0.6 is 15.9 Å². The number of rotatable bonds is 3. The summed E-state index contributed by atoms with van der Waals surface area (Å²) in [4.78, 5) is 10.7. The van der Waals surface area contributed by atoms with Crippen molar-refractivity contribution in [3.05, 3.63) is 51.8 Å². The zero-order chi connectivity index (χ0) is 12.5. The predicted molar refractivity (Wildman–Crippen MR) is 72.3 cm³/mol. The molecule has 0 bridgehead atoms. The average Bonchev–Trinajstić information content (AvgIpc) is 2.97. The number of fused-ring (bicyclic) bond motifs is 1. The van der Waals surface area contributed by atoms with Gasteiger partial charge in [0.1, 0.15) is 5.75 Å². The summed E-state index contributed by atoms with van der Waals surface area (Å²) in [7, 11) is 0. The number of halogens is 1. The van der Waals surface area contributed by atoms with E-state index >= 15 is 0 Å². The van der Waals surface area contributed by atoms with Gasteiger partial charge >= 0.3 is 0 Å². The Morgan fingerprint density at radius 3 is 3.11 bits per heavy atom. The van der Waals surface area contributed by atoms with Crippen molar-refractivity contribution in [2.24, 2.45) is 0 Å². The number of aromatic nitrogens is 1. The van der Waals surface area contributed by atoms with E-state index in [4.69, 9.17) is 4.74 Å². The second-order valence-corrected chi connectivity index (χ2v) is 5.30. The van der Waals surface area contributed by atoms with Gasteiger partial charge in [0, 0.05) is 34.4 Å². The Balaban J connectivity index is 1.95. The van der Waals surface area contributed by atoms with Gasteiger partial charge in [0.25, 0.3) is 0 Å².